The van der Waals surface area contributed by atoms with E-state index in [1.807, 2.05) is 195 Å². The van der Waals surface area contributed by atoms with Crippen molar-refractivity contribution in [2.24, 2.45) is 17.2 Å². The molecule has 2 aromatic heterocycles. The lowest BCUT2D eigenvalue weighted by Crippen LogP contribution is -2.61. The summed E-state index contributed by atoms with van der Waals surface area (Å²) in [6, 6.07) is 63.7. The molecule has 0 bridgehead atoms. The monoisotopic (exact) mass is 1610 g/mol. The second-order valence-electron chi connectivity index (χ2n) is 30.1. The van der Waals surface area contributed by atoms with Crippen LogP contribution in [0.2, 0.25) is 0 Å². The minimum Gasteiger partial charge on any atom is -0.370 e. The van der Waals surface area contributed by atoms with Crippen LogP contribution < -0.4 is 79.5 Å². The molecule has 12 aromatic rings. The molecule has 28 heteroatoms. The van der Waals surface area contributed by atoms with Gasteiger partial charge in [-0.1, -0.05) is 176 Å². The predicted octanol–water partition coefficient (Wildman–Crippen LogP) is 6.87. The molecule has 0 saturated heterocycles. The van der Waals surface area contributed by atoms with Gasteiger partial charge in [0.2, 0.25) is 48.1 Å². The average Bonchev–Trinajstić information content (AvgIpc) is 1.65. The van der Waals surface area contributed by atoms with Crippen LogP contribution in [0.4, 0.5) is 5.69 Å². The topological polar surface area (TPSA) is 424 Å². The summed E-state index contributed by atoms with van der Waals surface area (Å²) in [4.78, 5) is 118. The van der Waals surface area contributed by atoms with Gasteiger partial charge in [-0.25, -0.2) is 18.3 Å². The number of guanidine groups is 3. The van der Waals surface area contributed by atoms with Gasteiger partial charge in [0.15, 0.2) is 17.9 Å². The summed E-state index contributed by atoms with van der Waals surface area (Å²) in [5.41, 5.74) is 23.4. The van der Waals surface area contributed by atoms with Gasteiger partial charge >= 0.3 is 0 Å². The molecule has 12 rings (SSSR count). The number of benzene rings is 10. The summed E-state index contributed by atoms with van der Waals surface area (Å²) >= 11 is 0. The Morgan fingerprint density at radius 2 is 0.725 bits per heavy atom. The molecule has 0 unspecified atom stereocenters. The number of anilines is 1. The van der Waals surface area contributed by atoms with Crippen molar-refractivity contribution in [1.29, 1.82) is 16.2 Å². The number of imidazole rings is 2. The molecule has 0 aliphatic carbocycles. The molecular weight excluding hydrogens is 1510 g/mol. The van der Waals surface area contributed by atoms with E-state index in [1.54, 1.807) is 0 Å². The summed E-state index contributed by atoms with van der Waals surface area (Å²) in [6.07, 6.45) is 8.35. The Morgan fingerprint density at radius 3 is 1.11 bits per heavy atom. The van der Waals surface area contributed by atoms with Crippen LogP contribution in [-0.4, -0.2) is 131 Å². The molecule has 0 saturated carbocycles. The minimum absolute atomic E-state index is 0.0256. The molecule has 120 heavy (non-hydrogen) atoms. The summed E-state index contributed by atoms with van der Waals surface area (Å²) in [7, 11) is 0. The Hall–Kier alpha value is -14.6. The Kier molecular flexibility index (Phi) is 29.2. The average molecular weight is 1620 g/mol. The highest BCUT2D eigenvalue weighted by atomic mass is 16.2. The van der Waals surface area contributed by atoms with Crippen molar-refractivity contribution in [3.63, 3.8) is 0 Å². The van der Waals surface area contributed by atoms with Gasteiger partial charge in [0, 0.05) is 50.7 Å². The Labute approximate surface area is 695 Å². The number of fused-ring (bicyclic) bond motifs is 4. The van der Waals surface area contributed by atoms with E-state index in [-0.39, 0.29) is 113 Å². The first-order chi connectivity index (χ1) is 58.1. The Balaban J connectivity index is 0.961. The Bertz CT molecular complexity index is 5690. The third-order valence-electron chi connectivity index (χ3n) is 20.8. The molecule has 19 N–H and O–H groups in total. The quantitative estimate of drug-likeness (QED) is 0.00613. The van der Waals surface area contributed by atoms with E-state index in [9.17, 15) is 19.2 Å². The van der Waals surface area contributed by atoms with Gasteiger partial charge in [0.1, 0.15) is 86.5 Å². The number of carbonyl (C=O) groups excluding carboxylic acids is 8. The van der Waals surface area contributed by atoms with Gasteiger partial charge in [0.05, 0.1) is 6.04 Å². The number of carbonyl (C=O) groups is 8. The highest BCUT2D eigenvalue weighted by molar-refractivity contribution is 6.00. The van der Waals surface area contributed by atoms with Crippen LogP contribution in [0.1, 0.15) is 95.0 Å². The number of rotatable bonds is 40. The van der Waals surface area contributed by atoms with Crippen LogP contribution in [0.25, 0.3) is 43.1 Å². The highest BCUT2D eigenvalue weighted by Crippen LogP contribution is 2.23. The van der Waals surface area contributed by atoms with Crippen LogP contribution in [0.5, 0.6) is 0 Å². The van der Waals surface area contributed by atoms with Crippen molar-refractivity contribution in [1.82, 2.24) is 57.0 Å². The summed E-state index contributed by atoms with van der Waals surface area (Å²) < 4.78 is 8.01. The second kappa shape index (κ2) is 41.3. The molecule has 6 atom stereocenters. The number of aldehydes is 1. The lowest BCUT2D eigenvalue weighted by atomic mass is 10.0. The predicted molar refractivity (Wildman–Crippen MR) is 464 cm³/mol. The van der Waals surface area contributed by atoms with Crippen molar-refractivity contribution < 1.29 is 47.5 Å². The molecule has 28 nitrogen and oxygen atoms in total. The molecule has 10 aromatic carbocycles. The first-order valence-corrected chi connectivity index (χ1v) is 40.1. The van der Waals surface area contributed by atoms with E-state index in [2.05, 4.69) is 102 Å². The van der Waals surface area contributed by atoms with E-state index >= 15 is 19.2 Å². The smallest absolute Gasteiger partial charge is 0.251 e. The zero-order chi connectivity index (χ0) is 84.4. The van der Waals surface area contributed by atoms with Gasteiger partial charge in [-0.3, -0.25) is 49.8 Å². The van der Waals surface area contributed by atoms with E-state index in [0.29, 0.717) is 43.0 Å². The molecule has 616 valence electrons. The van der Waals surface area contributed by atoms with Gasteiger partial charge < -0.3 is 75.2 Å². The maximum Gasteiger partial charge on any atom is 0.251 e. The number of aromatic nitrogens is 4. The van der Waals surface area contributed by atoms with Crippen molar-refractivity contribution in [3.8, 4) is 0 Å². The van der Waals surface area contributed by atoms with Gasteiger partial charge in [-0.15, -0.1) is 0 Å². The number of nitrogens with two attached hydrogens (primary N) is 3. The van der Waals surface area contributed by atoms with Crippen molar-refractivity contribution >= 4 is 114 Å². The number of hydrogen-bond donors (Lipinski definition) is 16. The number of nitrogens with one attached hydrogen (secondary N) is 13. The number of nitrogens with zero attached hydrogens (tertiary/aromatic N) is 4. The SMILES string of the molecule is CC(=O)Nc1ccc(C(=O)N[C@@H](CCCNC(=N)N)C(=O)N[C@@H](CCCNC(=N)N)C(=O)N[C@@H](Cc2cn(Cc3ccc4ccccc4c3)c[n+]2Cc2ccc3ccccc3c2)C(=O)N[C@@H](Cc2cn(Cc3ccc4ccccc4c3)c[n+]2Cc2ccc3ccccc3c2)C(=O)N[C@@H](CCCNC(=N)N)C(=O)N[C@H](C=O)Cc2ccccc2)cc1. The maximum atomic E-state index is 16.6. The Morgan fingerprint density at radius 1 is 0.383 bits per heavy atom. The van der Waals surface area contributed by atoms with E-state index in [4.69, 9.17) is 33.4 Å². The van der Waals surface area contributed by atoms with Gasteiger partial charge in [-0.05, 0) is 164 Å². The van der Waals surface area contributed by atoms with Crippen molar-refractivity contribution in [2.75, 3.05) is 25.0 Å². The van der Waals surface area contributed by atoms with E-state index in [0.717, 1.165) is 70.9 Å². The molecular formula is C92H102N20O8+2. The number of hydrogen-bond acceptors (Lipinski definition) is 11. The van der Waals surface area contributed by atoms with E-state index in [1.165, 1.54) is 31.2 Å². The molecule has 0 fully saturated rings. The number of amides is 7. The fraction of sp³-hybridized carbons (Fsp3) is 0.250. The largest absolute Gasteiger partial charge is 0.370 e. The second-order valence-corrected chi connectivity index (χ2v) is 30.1. The fourth-order valence-electron chi connectivity index (χ4n) is 14.8. The van der Waals surface area contributed by atoms with E-state index < -0.39 is 71.7 Å². The van der Waals surface area contributed by atoms with Crippen LogP contribution in [-0.2, 0) is 79.0 Å². The lowest BCUT2D eigenvalue weighted by molar-refractivity contribution is -0.695. The standard InChI is InChI=1S/C92H100N20O8/c1-60(114)102-75-39-37-70(38-40-75)84(115)104-80(27-14-42-100-91(95)96)86(117)105-81(28-15-43-101-92(97)98)87(118)107-83(50-78-56-110(52-63-30-34-67-19-6-10-23-72(67)45-63)59-112(78)54-65-32-36-69-21-8-12-25-74(69)47-65)89(120)108-82(88(119)106-79(26-13-41-99-90(93)94)85(116)103-76(57-113)48-61-16-3-2-4-17-61)49-77-55-109(51-62-29-33-66-18-5-9-22-71(66)44-62)58-111(77)53-64-31-35-68-20-7-11-24-73(68)46-64/h2-12,16-25,29-40,44-47,55-59,76,79-83H,13-15,26-28,41-43,48-54H2,1H3,(H17-2,93,94,95,96,97,98,99,100,101,102,103,104,105,106,107,108,114,115,116,117,118,119,120)/p+2/t76-,79-,80-,81-,82-,83-/m0/s1. The first-order valence-electron chi connectivity index (χ1n) is 40.1. The zero-order valence-corrected chi connectivity index (χ0v) is 66.8. The van der Waals surface area contributed by atoms with Crippen molar-refractivity contribution in [2.45, 2.75) is 127 Å². The van der Waals surface area contributed by atoms with Gasteiger partial charge in [-0.2, -0.15) is 0 Å². The third-order valence-corrected chi connectivity index (χ3v) is 20.8. The molecule has 0 spiro atoms. The van der Waals surface area contributed by atoms with Crippen LogP contribution in [0.15, 0.2) is 250 Å². The van der Waals surface area contributed by atoms with Crippen LogP contribution >= 0.6 is 0 Å². The molecule has 0 aliphatic rings. The summed E-state index contributed by atoms with van der Waals surface area (Å²) in [5.74, 6) is -5.99. The summed E-state index contributed by atoms with van der Waals surface area (Å²) in [5, 5.41) is 60.6. The maximum absolute atomic E-state index is 16.6. The van der Waals surface area contributed by atoms with Gasteiger partial charge in [0.25, 0.3) is 5.91 Å². The van der Waals surface area contributed by atoms with Crippen LogP contribution in [0, 0.1) is 16.2 Å². The first kappa shape index (κ1) is 84.8. The highest BCUT2D eigenvalue weighted by Gasteiger charge is 2.37. The van der Waals surface area contributed by atoms with Crippen molar-refractivity contribution in [3.05, 3.63) is 294 Å². The summed E-state index contributed by atoms with van der Waals surface area (Å²) in [6.45, 7) is 3.01. The fourth-order valence-corrected chi connectivity index (χ4v) is 14.8. The molecule has 7 amide bonds. The minimum atomic E-state index is -1.60. The zero-order valence-electron chi connectivity index (χ0n) is 66.8. The normalized spacial score (nSPS) is 12.7. The molecule has 0 aliphatic heterocycles. The third kappa shape index (κ3) is 24.5. The molecule has 0 radical (unpaired) electrons. The molecule has 2 heterocycles. The lowest BCUT2D eigenvalue weighted by Gasteiger charge is -2.27. The van der Waals surface area contributed by atoms with Crippen LogP contribution in [0.3, 0.4) is 0 Å².